The summed E-state index contributed by atoms with van der Waals surface area (Å²) < 4.78 is 0. The highest BCUT2D eigenvalue weighted by Crippen LogP contribution is 2.38. The van der Waals surface area contributed by atoms with E-state index >= 15 is 0 Å². The van der Waals surface area contributed by atoms with Crippen molar-refractivity contribution in [2.24, 2.45) is 10.4 Å². The van der Waals surface area contributed by atoms with Crippen molar-refractivity contribution in [3.05, 3.63) is 35.4 Å². The highest BCUT2D eigenvalue weighted by Gasteiger charge is 2.42. The molecule has 0 saturated heterocycles. The van der Waals surface area contributed by atoms with Crippen LogP contribution in [0.4, 0.5) is 0 Å². The van der Waals surface area contributed by atoms with Gasteiger partial charge in [-0.05, 0) is 38.1 Å². The number of nitrogens with one attached hydrogen (secondary N) is 2. The molecule has 158 valence electrons. The standard InChI is InChI=1S/C21H35N5O.HI/c1-22-20(23-14-17-9-8-10-18(13-17)15-25(2)3)24-16-21(11-6-7-12-21)19(27)26(4)5;/h8-10,13H,6-7,11-12,14-16H2,1-5H3,(H2,22,23,24);1H. The Morgan fingerprint density at radius 1 is 1.11 bits per heavy atom. The van der Waals surface area contributed by atoms with Gasteiger partial charge in [-0.25, -0.2) is 0 Å². The fourth-order valence-corrected chi connectivity index (χ4v) is 3.85. The van der Waals surface area contributed by atoms with E-state index in [0.29, 0.717) is 13.1 Å². The van der Waals surface area contributed by atoms with Crippen molar-refractivity contribution >= 4 is 35.8 Å². The van der Waals surface area contributed by atoms with E-state index < -0.39 is 0 Å². The molecule has 6 nitrogen and oxygen atoms in total. The van der Waals surface area contributed by atoms with E-state index in [1.807, 2.05) is 14.1 Å². The minimum atomic E-state index is -0.299. The van der Waals surface area contributed by atoms with Crippen LogP contribution in [0.5, 0.6) is 0 Å². The zero-order chi connectivity index (χ0) is 19.9. The predicted octanol–water partition coefficient (Wildman–Crippen LogP) is 2.68. The molecule has 0 atom stereocenters. The van der Waals surface area contributed by atoms with Crippen LogP contribution in [0.2, 0.25) is 0 Å². The quantitative estimate of drug-likeness (QED) is 0.343. The maximum absolute atomic E-state index is 12.7. The first kappa shape index (κ1) is 24.7. The van der Waals surface area contributed by atoms with Gasteiger partial charge >= 0.3 is 0 Å². The third-order valence-corrected chi connectivity index (χ3v) is 5.19. The lowest BCUT2D eigenvalue weighted by molar-refractivity contribution is -0.138. The largest absolute Gasteiger partial charge is 0.355 e. The normalized spacial score (nSPS) is 15.9. The Morgan fingerprint density at radius 3 is 2.32 bits per heavy atom. The van der Waals surface area contributed by atoms with Gasteiger partial charge in [0.1, 0.15) is 0 Å². The first-order chi connectivity index (χ1) is 12.9. The molecule has 0 bridgehead atoms. The fraction of sp³-hybridized carbons (Fsp3) is 0.619. The average molecular weight is 501 g/mol. The average Bonchev–Trinajstić information content (AvgIpc) is 3.11. The maximum atomic E-state index is 12.7. The topological polar surface area (TPSA) is 60.0 Å². The van der Waals surface area contributed by atoms with E-state index in [4.69, 9.17) is 0 Å². The van der Waals surface area contributed by atoms with E-state index in [2.05, 4.69) is 58.9 Å². The number of aliphatic imine (C=N–C) groups is 1. The number of halogens is 1. The van der Waals surface area contributed by atoms with Crippen LogP contribution < -0.4 is 10.6 Å². The van der Waals surface area contributed by atoms with Crippen LogP contribution in [0.25, 0.3) is 0 Å². The van der Waals surface area contributed by atoms with Crippen molar-refractivity contribution in [3.63, 3.8) is 0 Å². The molecular weight excluding hydrogens is 465 g/mol. The van der Waals surface area contributed by atoms with Crippen LogP contribution in [0.15, 0.2) is 29.3 Å². The van der Waals surface area contributed by atoms with Crippen molar-refractivity contribution in [2.75, 3.05) is 41.8 Å². The summed E-state index contributed by atoms with van der Waals surface area (Å²) in [6.45, 7) is 2.26. The summed E-state index contributed by atoms with van der Waals surface area (Å²) in [5.41, 5.74) is 2.22. The molecule has 28 heavy (non-hydrogen) atoms. The second kappa shape index (κ2) is 11.6. The lowest BCUT2D eigenvalue weighted by atomic mass is 9.84. The molecule has 2 rings (SSSR count). The van der Waals surface area contributed by atoms with E-state index in [1.54, 1.807) is 11.9 Å². The Labute approximate surface area is 187 Å². The molecule has 1 fully saturated rings. The van der Waals surface area contributed by atoms with Gasteiger partial charge in [-0.2, -0.15) is 0 Å². The van der Waals surface area contributed by atoms with Gasteiger partial charge in [-0.1, -0.05) is 37.1 Å². The molecule has 1 aliphatic carbocycles. The lowest BCUT2D eigenvalue weighted by Gasteiger charge is -2.31. The highest BCUT2D eigenvalue weighted by molar-refractivity contribution is 14.0. The predicted molar refractivity (Wildman–Crippen MR) is 127 cm³/mol. The summed E-state index contributed by atoms with van der Waals surface area (Å²) >= 11 is 0. The number of hydrogen-bond acceptors (Lipinski definition) is 3. The van der Waals surface area contributed by atoms with Crippen molar-refractivity contribution in [2.45, 2.75) is 38.8 Å². The number of amides is 1. The van der Waals surface area contributed by atoms with Gasteiger partial charge in [0.25, 0.3) is 0 Å². The van der Waals surface area contributed by atoms with Crippen LogP contribution in [0, 0.1) is 5.41 Å². The molecule has 0 aromatic heterocycles. The molecule has 0 radical (unpaired) electrons. The zero-order valence-electron chi connectivity index (χ0n) is 17.9. The molecule has 1 amide bonds. The molecule has 0 heterocycles. The number of hydrogen-bond donors (Lipinski definition) is 2. The first-order valence-electron chi connectivity index (χ1n) is 9.75. The Kier molecular flexibility index (Phi) is 10.2. The zero-order valence-corrected chi connectivity index (χ0v) is 20.2. The van der Waals surface area contributed by atoms with E-state index in [0.717, 1.165) is 38.2 Å². The minimum absolute atomic E-state index is 0. The summed E-state index contributed by atoms with van der Waals surface area (Å²) in [7, 11) is 9.61. The van der Waals surface area contributed by atoms with E-state index in [9.17, 15) is 4.79 Å². The Morgan fingerprint density at radius 2 is 1.75 bits per heavy atom. The number of nitrogens with zero attached hydrogens (tertiary/aromatic N) is 3. The van der Waals surface area contributed by atoms with Crippen LogP contribution in [0.3, 0.4) is 0 Å². The van der Waals surface area contributed by atoms with E-state index in [1.165, 1.54) is 11.1 Å². The molecule has 1 aromatic rings. The smallest absolute Gasteiger partial charge is 0.230 e. The van der Waals surface area contributed by atoms with Crippen LogP contribution in [-0.4, -0.2) is 63.4 Å². The Hall–Kier alpha value is -1.35. The molecule has 1 saturated carbocycles. The number of carbonyl (C=O) groups is 1. The number of benzene rings is 1. The van der Waals surface area contributed by atoms with Gasteiger partial charge in [0.05, 0.1) is 5.41 Å². The Balaban J connectivity index is 0.00000392. The van der Waals surface area contributed by atoms with Crippen molar-refractivity contribution < 1.29 is 4.79 Å². The van der Waals surface area contributed by atoms with Crippen molar-refractivity contribution in [3.8, 4) is 0 Å². The van der Waals surface area contributed by atoms with Gasteiger partial charge in [0, 0.05) is 40.8 Å². The molecule has 2 N–H and O–H groups in total. The third-order valence-electron chi connectivity index (χ3n) is 5.19. The number of carbonyl (C=O) groups excluding carboxylic acids is 1. The molecular formula is C21H36IN5O. The SMILES string of the molecule is CN=C(NCc1cccc(CN(C)C)c1)NCC1(C(=O)N(C)C)CCCC1.I. The van der Waals surface area contributed by atoms with Crippen LogP contribution in [-0.2, 0) is 17.9 Å². The fourth-order valence-electron chi connectivity index (χ4n) is 3.85. The first-order valence-corrected chi connectivity index (χ1v) is 9.75. The second-order valence-electron chi connectivity index (χ2n) is 8.02. The van der Waals surface area contributed by atoms with Gasteiger partial charge < -0.3 is 20.4 Å². The number of rotatable bonds is 7. The van der Waals surface area contributed by atoms with Gasteiger partial charge in [-0.3, -0.25) is 9.79 Å². The lowest BCUT2D eigenvalue weighted by Crippen LogP contribution is -2.49. The monoisotopic (exact) mass is 501 g/mol. The van der Waals surface area contributed by atoms with Gasteiger partial charge in [-0.15, -0.1) is 24.0 Å². The van der Waals surface area contributed by atoms with Crippen molar-refractivity contribution in [1.82, 2.24) is 20.4 Å². The summed E-state index contributed by atoms with van der Waals surface area (Å²) in [5.74, 6) is 0.963. The molecule has 1 aliphatic rings. The molecule has 0 aliphatic heterocycles. The van der Waals surface area contributed by atoms with Gasteiger partial charge in [0.15, 0.2) is 5.96 Å². The summed E-state index contributed by atoms with van der Waals surface area (Å²) in [6, 6.07) is 8.57. The summed E-state index contributed by atoms with van der Waals surface area (Å²) in [5, 5.41) is 6.76. The summed E-state index contributed by atoms with van der Waals surface area (Å²) in [6.07, 6.45) is 4.12. The molecule has 0 spiro atoms. The minimum Gasteiger partial charge on any atom is -0.355 e. The van der Waals surface area contributed by atoms with Crippen molar-refractivity contribution in [1.29, 1.82) is 0 Å². The van der Waals surface area contributed by atoms with E-state index in [-0.39, 0.29) is 35.3 Å². The Bertz CT molecular complexity index is 654. The summed E-state index contributed by atoms with van der Waals surface area (Å²) in [4.78, 5) is 20.9. The second-order valence-corrected chi connectivity index (χ2v) is 8.02. The molecule has 7 heteroatoms. The molecule has 0 unspecified atom stereocenters. The number of guanidine groups is 1. The van der Waals surface area contributed by atoms with Crippen LogP contribution in [0.1, 0.15) is 36.8 Å². The van der Waals surface area contributed by atoms with Crippen LogP contribution >= 0.6 is 24.0 Å². The molecule has 1 aromatic carbocycles. The highest BCUT2D eigenvalue weighted by atomic mass is 127. The third kappa shape index (κ3) is 6.92. The maximum Gasteiger partial charge on any atom is 0.230 e. The van der Waals surface area contributed by atoms with Gasteiger partial charge in [0.2, 0.25) is 5.91 Å².